The molecule has 0 aromatic heterocycles. The number of esters is 2. The Morgan fingerprint density at radius 1 is 0.298 bits per heavy atom. The Morgan fingerprint density at radius 3 is 0.769 bits per heavy atom. The number of hydrogen-bond donors (Lipinski definition) is 1. The third kappa shape index (κ3) is 86.0. The SMILES string of the molecule is CC/C=C\C/C=C\C/C=C\C/C=C\C/C=C\C/C=C\C/C=C\C/C=C\C/C=C\C/C=C\C/C=C\CCCCCCCCCC(=O)OC(COC(=O)CCCCCCCCCCCCCCCCCCCCCCCCCCCC/C=C\C/C=C\C/C=C\C/C=C\CC)COP(=O)(O)OCC[N+](C)(C)C. The minimum atomic E-state index is -4.41. The zero-order chi connectivity index (χ0) is 75.4. The number of nitrogens with zero attached hydrogens (tertiary/aromatic N) is 1. The van der Waals surface area contributed by atoms with Crippen molar-refractivity contribution in [2.45, 2.75) is 354 Å². The number of phosphoric acid groups is 1. The van der Waals surface area contributed by atoms with E-state index in [2.05, 4.69) is 196 Å². The lowest BCUT2D eigenvalue weighted by Crippen LogP contribution is -2.37. The normalized spacial score (nSPS) is 13.9. The Kier molecular flexibility index (Phi) is 78.3. The first-order valence-electron chi connectivity index (χ1n) is 42.5. The molecule has 0 radical (unpaired) electrons. The third-order valence-electron chi connectivity index (χ3n) is 17.9. The molecule has 2 atom stereocenters. The molecule has 0 aliphatic rings. The average molecular weight is 1460 g/mol. The number of ether oxygens (including phenoxy) is 2. The van der Waals surface area contributed by atoms with Crippen LogP contribution in [0.1, 0.15) is 348 Å². The molecular formula is C94H159NO8P+. The highest BCUT2D eigenvalue weighted by molar-refractivity contribution is 7.47. The Morgan fingerprint density at radius 2 is 0.519 bits per heavy atom. The van der Waals surface area contributed by atoms with Gasteiger partial charge in [0.15, 0.2) is 6.10 Å². The van der Waals surface area contributed by atoms with Crippen molar-refractivity contribution in [2.24, 2.45) is 0 Å². The molecule has 9 nitrogen and oxygen atoms in total. The van der Waals surface area contributed by atoms with E-state index in [4.69, 9.17) is 18.5 Å². The van der Waals surface area contributed by atoms with E-state index in [1.807, 2.05) is 21.1 Å². The van der Waals surface area contributed by atoms with E-state index in [0.29, 0.717) is 17.4 Å². The molecule has 0 aromatic rings. The number of phosphoric ester groups is 1. The van der Waals surface area contributed by atoms with Crippen molar-refractivity contribution in [2.75, 3.05) is 47.5 Å². The monoisotopic (exact) mass is 1460 g/mol. The van der Waals surface area contributed by atoms with Crippen LogP contribution < -0.4 is 0 Å². The maximum absolute atomic E-state index is 12.9. The molecule has 0 rings (SSSR count). The number of allylic oxidation sites excluding steroid dienone is 30. The molecule has 592 valence electrons. The summed E-state index contributed by atoms with van der Waals surface area (Å²) < 4.78 is 34.8. The van der Waals surface area contributed by atoms with E-state index in [-0.39, 0.29) is 32.0 Å². The predicted molar refractivity (Wildman–Crippen MR) is 454 cm³/mol. The smallest absolute Gasteiger partial charge is 0.462 e. The molecule has 0 aliphatic carbocycles. The van der Waals surface area contributed by atoms with Crippen LogP contribution in [0.2, 0.25) is 0 Å². The number of rotatable bonds is 77. The molecule has 0 amide bonds. The number of carbonyl (C=O) groups excluding carboxylic acids is 2. The van der Waals surface area contributed by atoms with Crippen LogP contribution >= 0.6 is 7.82 Å². The minimum absolute atomic E-state index is 0.0229. The quantitative estimate of drug-likeness (QED) is 0.0211. The molecule has 1 N–H and O–H groups in total. The first-order chi connectivity index (χ1) is 51.0. The molecule has 2 unspecified atom stereocenters. The van der Waals surface area contributed by atoms with Gasteiger partial charge in [0.05, 0.1) is 27.7 Å². The fourth-order valence-electron chi connectivity index (χ4n) is 11.5. The van der Waals surface area contributed by atoms with Crippen molar-refractivity contribution in [3.8, 4) is 0 Å². The standard InChI is InChI=1S/C94H158NO8P/c1-6-8-10-12-14-16-18-20-22-24-26-28-30-32-34-36-38-40-42-44-46-47-49-51-53-55-57-59-61-63-65-67-69-71-73-75-77-79-81-83-85-87-94(97)103-92(91-102-104(98,99)101-89-88-95(3,4)5)90-100-93(96)86-84-82-80-78-76-74-72-70-68-66-64-62-60-58-56-54-52-50-48-45-43-41-39-37-35-33-31-29-27-25-23-21-19-17-15-13-11-9-7-2/h8-11,14-17,20-23,26-29,32,34,38,40,44,46,49,51,55,57,61,63,67,69,92H,6-7,12-13,18-19,24-25,30-31,33,35-37,39,41-43,45,47-48,50,52-54,56,58-60,62,64-66,68,70-91H2,1-5H3/p+1/b10-8-,11-9-,16-14-,17-15-,22-20-,23-21-,28-26-,29-27-,34-32-,40-38-,46-44-,51-49-,57-55-,63-61-,69-67-. The highest BCUT2D eigenvalue weighted by Gasteiger charge is 2.27. The second-order valence-corrected chi connectivity index (χ2v) is 30.6. The lowest BCUT2D eigenvalue weighted by Gasteiger charge is -2.24. The molecule has 0 saturated carbocycles. The first kappa shape index (κ1) is 99.1. The van der Waals surface area contributed by atoms with Gasteiger partial charge < -0.3 is 18.9 Å². The summed E-state index contributed by atoms with van der Waals surface area (Å²) in [5.41, 5.74) is 0. The van der Waals surface area contributed by atoms with Gasteiger partial charge >= 0.3 is 19.8 Å². The summed E-state index contributed by atoms with van der Waals surface area (Å²) in [4.78, 5) is 36.0. The summed E-state index contributed by atoms with van der Waals surface area (Å²) in [5.74, 6) is -0.807. The van der Waals surface area contributed by atoms with Gasteiger partial charge in [0.25, 0.3) is 0 Å². The predicted octanol–water partition coefficient (Wildman–Crippen LogP) is 28.9. The van der Waals surface area contributed by atoms with Gasteiger partial charge in [0, 0.05) is 12.8 Å². The van der Waals surface area contributed by atoms with E-state index in [0.717, 1.165) is 141 Å². The molecule has 0 spiro atoms. The second-order valence-electron chi connectivity index (χ2n) is 29.1. The van der Waals surface area contributed by atoms with Crippen molar-refractivity contribution in [1.29, 1.82) is 0 Å². The molecular weight excluding hydrogens is 1300 g/mol. The second kappa shape index (κ2) is 82.2. The van der Waals surface area contributed by atoms with Gasteiger partial charge in [-0.3, -0.25) is 18.6 Å². The largest absolute Gasteiger partial charge is 0.472 e. The van der Waals surface area contributed by atoms with Crippen molar-refractivity contribution < 1.29 is 42.1 Å². The number of unbranched alkanes of at least 4 members (excludes halogenated alkanes) is 33. The van der Waals surface area contributed by atoms with Crippen molar-refractivity contribution in [3.63, 3.8) is 0 Å². The summed E-state index contributed by atoms with van der Waals surface area (Å²) in [7, 11) is 1.46. The summed E-state index contributed by atoms with van der Waals surface area (Å²) in [6, 6.07) is 0. The zero-order valence-corrected chi connectivity index (χ0v) is 68.6. The van der Waals surface area contributed by atoms with Crippen LogP contribution in [-0.2, 0) is 32.7 Å². The summed E-state index contributed by atoms with van der Waals surface area (Å²) in [5, 5.41) is 0. The number of quaternary nitrogens is 1. The Labute approximate surface area is 641 Å². The van der Waals surface area contributed by atoms with Crippen LogP contribution in [-0.4, -0.2) is 74.9 Å². The van der Waals surface area contributed by atoms with Gasteiger partial charge in [0.1, 0.15) is 19.8 Å². The lowest BCUT2D eigenvalue weighted by atomic mass is 10.0. The fraction of sp³-hybridized carbons (Fsp3) is 0.660. The molecule has 0 aromatic carbocycles. The van der Waals surface area contributed by atoms with Gasteiger partial charge in [-0.25, -0.2) is 4.57 Å². The van der Waals surface area contributed by atoms with Crippen LogP contribution in [0, 0.1) is 0 Å². The maximum atomic E-state index is 12.9. The molecule has 0 aliphatic heterocycles. The fourth-order valence-corrected chi connectivity index (χ4v) is 12.3. The first-order valence-corrected chi connectivity index (χ1v) is 44.0. The van der Waals surface area contributed by atoms with Crippen LogP contribution in [0.4, 0.5) is 0 Å². The van der Waals surface area contributed by atoms with Crippen molar-refractivity contribution >= 4 is 19.8 Å². The van der Waals surface area contributed by atoms with Gasteiger partial charge in [-0.2, -0.15) is 0 Å². The minimum Gasteiger partial charge on any atom is -0.462 e. The molecule has 10 heteroatoms. The van der Waals surface area contributed by atoms with Gasteiger partial charge in [-0.15, -0.1) is 0 Å². The van der Waals surface area contributed by atoms with Crippen LogP contribution in [0.15, 0.2) is 182 Å². The molecule has 0 bridgehead atoms. The topological polar surface area (TPSA) is 108 Å². The van der Waals surface area contributed by atoms with E-state index in [9.17, 15) is 19.0 Å². The summed E-state index contributed by atoms with van der Waals surface area (Å²) >= 11 is 0. The Bertz CT molecular complexity index is 2420. The summed E-state index contributed by atoms with van der Waals surface area (Å²) in [6.45, 7) is 4.21. The van der Waals surface area contributed by atoms with Crippen LogP contribution in [0.5, 0.6) is 0 Å². The lowest BCUT2D eigenvalue weighted by molar-refractivity contribution is -0.870. The van der Waals surface area contributed by atoms with Crippen LogP contribution in [0.25, 0.3) is 0 Å². The van der Waals surface area contributed by atoms with E-state index in [1.54, 1.807) is 0 Å². The van der Waals surface area contributed by atoms with E-state index in [1.165, 1.54) is 173 Å². The molecule has 0 saturated heterocycles. The zero-order valence-electron chi connectivity index (χ0n) is 67.7. The van der Waals surface area contributed by atoms with E-state index < -0.39 is 26.5 Å². The van der Waals surface area contributed by atoms with Gasteiger partial charge in [0.2, 0.25) is 0 Å². The molecule has 0 fully saturated rings. The Hall–Kier alpha value is -4.89. The highest BCUT2D eigenvalue weighted by Crippen LogP contribution is 2.43. The third-order valence-corrected chi connectivity index (χ3v) is 18.9. The summed E-state index contributed by atoms with van der Waals surface area (Å²) in [6.07, 6.45) is 126. The molecule has 0 heterocycles. The maximum Gasteiger partial charge on any atom is 0.472 e. The van der Waals surface area contributed by atoms with Gasteiger partial charge in [-0.1, -0.05) is 382 Å². The van der Waals surface area contributed by atoms with Crippen molar-refractivity contribution in [3.05, 3.63) is 182 Å². The number of likely N-dealkylation sites (N-methyl/N-ethyl adjacent to an activating group) is 1. The highest BCUT2D eigenvalue weighted by atomic mass is 31.2. The molecule has 104 heavy (non-hydrogen) atoms. The Balaban J connectivity index is 4.01. The van der Waals surface area contributed by atoms with Gasteiger partial charge in [-0.05, 0) is 135 Å². The van der Waals surface area contributed by atoms with E-state index >= 15 is 0 Å². The van der Waals surface area contributed by atoms with Crippen LogP contribution in [0.3, 0.4) is 0 Å². The van der Waals surface area contributed by atoms with Crippen molar-refractivity contribution in [1.82, 2.24) is 0 Å². The number of carbonyl (C=O) groups is 2. The average Bonchev–Trinajstić information content (AvgIpc) is 0.920. The number of hydrogen-bond acceptors (Lipinski definition) is 7.